The fourth-order valence-corrected chi connectivity index (χ4v) is 5.11. The maximum atomic E-state index is 12.9. The Bertz CT molecular complexity index is 867. The summed E-state index contributed by atoms with van der Waals surface area (Å²) in [6.07, 6.45) is 2.32. The number of nitrogens with two attached hydrogens (primary N) is 1. The first-order valence-corrected chi connectivity index (χ1v) is 13.0. The summed E-state index contributed by atoms with van der Waals surface area (Å²) >= 11 is 1.55. The van der Waals surface area contributed by atoms with Gasteiger partial charge in [-0.15, -0.1) is 11.3 Å². The Morgan fingerprint density at radius 2 is 1.88 bits per heavy atom. The van der Waals surface area contributed by atoms with Crippen LogP contribution in [0.25, 0.3) is 6.08 Å². The summed E-state index contributed by atoms with van der Waals surface area (Å²) < 4.78 is 5.94. The van der Waals surface area contributed by atoms with E-state index in [9.17, 15) is 20.1 Å². The van der Waals surface area contributed by atoms with Gasteiger partial charge in [0, 0.05) is 23.6 Å². The Morgan fingerprint density at radius 1 is 1.21 bits per heavy atom. The van der Waals surface area contributed by atoms with Crippen LogP contribution in [0, 0.1) is 24.7 Å². The van der Waals surface area contributed by atoms with Crippen LogP contribution in [0.1, 0.15) is 71.0 Å². The molecular formula is C26H42N2O5S. The number of aliphatic hydroxyl groups is 3. The topological polar surface area (TPSA) is 126 Å². The second-order valence-electron chi connectivity index (χ2n) is 9.92. The van der Waals surface area contributed by atoms with Crippen LogP contribution < -0.4 is 5.73 Å². The number of carbonyl (C=O) groups excluding carboxylic acids is 1. The van der Waals surface area contributed by atoms with Gasteiger partial charge in [0.15, 0.2) is 6.29 Å². The Morgan fingerprint density at radius 3 is 2.50 bits per heavy atom. The van der Waals surface area contributed by atoms with Gasteiger partial charge in [-0.1, -0.05) is 32.4 Å². The predicted octanol–water partition coefficient (Wildman–Crippen LogP) is 3.61. The molecule has 1 aromatic heterocycles. The van der Waals surface area contributed by atoms with Crippen LogP contribution in [0.5, 0.6) is 0 Å². The number of hydrogen-bond acceptors (Lipinski definition) is 8. The van der Waals surface area contributed by atoms with E-state index in [1.165, 1.54) is 0 Å². The van der Waals surface area contributed by atoms with Crippen molar-refractivity contribution in [3.05, 3.63) is 33.3 Å². The molecule has 2 rings (SSSR count). The van der Waals surface area contributed by atoms with E-state index >= 15 is 0 Å². The van der Waals surface area contributed by atoms with Crippen LogP contribution in [0.4, 0.5) is 0 Å². The third-order valence-electron chi connectivity index (χ3n) is 6.84. The van der Waals surface area contributed by atoms with Crippen LogP contribution in [0.2, 0.25) is 0 Å². The van der Waals surface area contributed by atoms with Crippen molar-refractivity contribution < 1.29 is 24.9 Å². The molecule has 34 heavy (non-hydrogen) atoms. The Kier molecular flexibility index (Phi) is 11.1. The second kappa shape index (κ2) is 13.0. The zero-order valence-electron chi connectivity index (χ0n) is 21.3. The van der Waals surface area contributed by atoms with Gasteiger partial charge >= 0.3 is 0 Å². The van der Waals surface area contributed by atoms with Crippen molar-refractivity contribution in [3.63, 3.8) is 0 Å². The Hall–Kier alpha value is -1.42. The van der Waals surface area contributed by atoms with E-state index in [4.69, 9.17) is 10.5 Å². The van der Waals surface area contributed by atoms with Crippen LogP contribution in [0.15, 0.2) is 22.6 Å². The highest BCUT2D eigenvalue weighted by molar-refractivity contribution is 7.09. The molecule has 0 radical (unpaired) electrons. The van der Waals surface area contributed by atoms with Gasteiger partial charge in [-0.2, -0.15) is 0 Å². The molecule has 7 nitrogen and oxygen atoms in total. The number of aromatic nitrogens is 1. The molecule has 1 aromatic rings. The number of thiazole rings is 1. The van der Waals surface area contributed by atoms with Gasteiger partial charge in [0.05, 0.1) is 29.0 Å². The number of carbonyl (C=O) groups is 1. The lowest BCUT2D eigenvalue weighted by atomic mass is 9.81. The maximum absolute atomic E-state index is 12.9. The van der Waals surface area contributed by atoms with Gasteiger partial charge in [0.1, 0.15) is 11.9 Å². The van der Waals surface area contributed by atoms with E-state index in [0.717, 1.165) is 41.1 Å². The zero-order chi connectivity index (χ0) is 25.6. The standard InChI is InChI=1S/C26H42N2O5S/c1-14-8-7-9-15(2)24(31)18(5)25(32)17(4)22(29)12-23(30)33-26(21(27)10-14)16(3)11-20-13-34-19(6)28-20/h10-11,13,15,17-18,21-24,26,29-31H,7-9,12,27H2,1-6H3/b14-10-,16-11+/t15-,17?,18+,21?,22-,23-,24-,26+/m0/s1. The number of rotatable bonds is 2. The fourth-order valence-electron chi connectivity index (χ4n) is 4.54. The average Bonchev–Trinajstić information content (AvgIpc) is 3.18. The SMILES string of the molecule is C/C1=C/C(N)[C@@H](/C(C)=C/c2csc(C)n2)O[C@H](O)C[C@H](O)C(C)C(=O)[C@H](C)[C@@H](O)[C@@H](C)CCC1. The molecule has 0 amide bonds. The summed E-state index contributed by atoms with van der Waals surface area (Å²) in [6.45, 7) is 11.1. The van der Waals surface area contributed by atoms with Crippen LogP contribution in [-0.4, -0.2) is 56.7 Å². The summed E-state index contributed by atoms with van der Waals surface area (Å²) in [5, 5.41) is 34.9. The average molecular weight is 495 g/mol. The van der Waals surface area contributed by atoms with E-state index in [0.29, 0.717) is 0 Å². The smallest absolute Gasteiger partial charge is 0.157 e. The summed E-state index contributed by atoms with van der Waals surface area (Å²) in [5.74, 6) is -1.61. The Labute approximate surface area is 207 Å². The van der Waals surface area contributed by atoms with Gasteiger partial charge < -0.3 is 25.8 Å². The normalized spacial score (nSPS) is 37.3. The molecule has 0 saturated carbocycles. The highest BCUT2D eigenvalue weighted by atomic mass is 32.1. The van der Waals surface area contributed by atoms with Crippen molar-refractivity contribution >= 4 is 23.2 Å². The van der Waals surface area contributed by atoms with Gasteiger partial charge in [0.2, 0.25) is 0 Å². The lowest BCUT2D eigenvalue weighted by molar-refractivity contribution is -0.153. The number of aryl methyl sites for hydroxylation is 1. The number of nitrogens with zero attached hydrogens (tertiary/aromatic N) is 1. The lowest BCUT2D eigenvalue weighted by Gasteiger charge is -2.30. The number of ether oxygens (including phenoxy) is 1. The highest BCUT2D eigenvalue weighted by Gasteiger charge is 2.34. The lowest BCUT2D eigenvalue weighted by Crippen LogP contribution is -2.42. The minimum atomic E-state index is -1.32. The van der Waals surface area contributed by atoms with E-state index in [1.807, 2.05) is 45.2 Å². The van der Waals surface area contributed by atoms with Gasteiger partial charge in [-0.25, -0.2) is 4.98 Å². The molecule has 0 fully saturated rings. The first-order valence-electron chi connectivity index (χ1n) is 12.2. The van der Waals surface area contributed by atoms with Crippen molar-refractivity contribution in [2.45, 2.75) is 97.9 Å². The molecule has 0 aromatic carbocycles. The largest absolute Gasteiger partial charge is 0.392 e. The third-order valence-corrected chi connectivity index (χ3v) is 7.63. The molecule has 1 aliphatic rings. The number of allylic oxidation sites excluding steroid dienone is 1. The number of ketones is 1. The van der Waals surface area contributed by atoms with Crippen LogP contribution in [0.3, 0.4) is 0 Å². The van der Waals surface area contributed by atoms with Crippen molar-refractivity contribution in [2.75, 3.05) is 0 Å². The van der Waals surface area contributed by atoms with Crippen molar-refractivity contribution in [1.29, 1.82) is 0 Å². The predicted molar refractivity (Wildman–Crippen MR) is 136 cm³/mol. The molecule has 0 spiro atoms. The van der Waals surface area contributed by atoms with Crippen molar-refractivity contribution in [1.82, 2.24) is 4.98 Å². The summed E-state index contributed by atoms with van der Waals surface area (Å²) in [7, 11) is 0. The monoisotopic (exact) mass is 494 g/mol. The second-order valence-corrected chi connectivity index (χ2v) is 11.0. The van der Waals surface area contributed by atoms with Crippen LogP contribution in [-0.2, 0) is 9.53 Å². The Balaban J connectivity index is 2.34. The van der Waals surface area contributed by atoms with Gasteiger partial charge in [0.25, 0.3) is 0 Å². The number of Topliss-reactive ketones (excluding diaryl/α,β-unsaturated/α-hetero) is 1. The van der Waals surface area contributed by atoms with Crippen molar-refractivity contribution in [3.8, 4) is 0 Å². The summed E-state index contributed by atoms with van der Waals surface area (Å²) in [6, 6.07) is -0.516. The van der Waals surface area contributed by atoms with E-state index < -0.39 is 42.5 Å². The molecule has 0 bridgehead atoms. The zero-order valence-corrected chi connectivity index (χ0v) is 22.1. The number of hydrogen-bond donors (Lipinski definition) is 4. The van der Waals surface area contributed by atoms with Gasteiger partial charge in [-0.3, -0.25) is 4.79 Å². The molecule has 2 heterocycles. The quantitative estimate of drug-likeness (QED) is 0.463. The maximum Gasteiger partial charge on any atom is 0.157 e. The third kappa shape index (κ3) is 8.07. The fraction of sp³-hybridized carbons (Fsp3) is 0.692. The van der Waals surface area contributed by atoms with E-state index in [1.54, 1.807) is 25.2 Å². The first-order chi connectivity index (χ1) is 15.9. The summed E-state index contributed by atoms with van der Waals surface area (Å²) in [5.41, 5.74) is 9.23. The first kappa shape index (κ1) is 28.8. The number of aliphatic hydroxyl groups excluding tert-OH is 3. The molecule has 0 saturated heterocycles. The molecule has 0 aliphatic carbocycles. The molecule has 5 N–H and O–H groups in total. The molecule has 192 valence electrons. The van der Waals surface area contributed by atoms with Gasteiger partial charge in [-0.05, 0) is 57.6 Å². The molecule has 8 atom stereocenters. The van der Waals surface area contributed by atoms with Crippen molar-refractivity contribution in [2.24, 2.45) is 23.5 Å². The molecule has 1 aliphatic heterocycles. The minimum absolute atomic E-state index is 0.0499. The molecule has 8 heteroatoms. The molecule has 2 unspecified atom stereocenters. The van der Waals surface area contributed by atoms with E-state index in [-0.39, 0.29) is 18.1 Å². The minimum Gasteiger partial charge on any atom is -0.392 e. The highest BCUT2D eigenvalue weighted by Crippen LogP contribution is 2.26. The van der Waals surface area contributed by atoms with E-state index in [2.05, 4.69) is 4.98 Å². The van der Waals surface area contributed by atoms with Crippen LogP contribution >= 0.6 is 11.3 Å². The molecular weight excluding hydrogens is 452 g/mol. The summed E-state index contributed by atoms with van der Waals surface area (Å²) in [4.78, 5) is 17.4.